The van der Waals surface area contributed by atoms with E-state index in [2.05, 4.69) is 16.0 Å². The fraction of sp³-hybridized carbons (Fsp3) is 0.429. The van der Waals surface area contributed by atoms with E-state index in [0.717, 1.165) is 25.5 Å². The van der Waals surface area contributed by atoms with Gasteiger partial charge in [0.05, 0.1) is 12.2 Å². The van der Waals surface area contributed by atoms with Crippen LogP contribution in [0.1, 0.15) is 19.3 Å². The highest BCUT2D eigenvalue weighted by molar-refractivity contribution is 5.94. The summed E-state index contributed by atoms with van der Waals surface area (Å²) in [4.78, 5) is 23.2. The van der Waals surface area contributed by atoms with Crippen LogP contribution in [0.25, 0.3) is 0 Å². The van der Waals surface area contributed by atoms with Crippen molar-refractivity contribution in [2.45, 2.75) is 25.3 Å². The highest BCUT2D eigenvalue weighted by atomic mass is 19.2. The molecule has 1 fully saturated rings. The fourth-order valence-corrected chi connectivity index (χ4v) is 2.22. The Labute approximate surface area is 125 Å². The van der Waals surface area contributed by atoms with Crippen molar-refractivity contribution in [1.82, 2.24) is 10.6 Å². The highest BCUT2D eigenvalue weighted by Gasteiger charge is 2.19. The van der Waals surface area contributed by atoms with E-state index in [1.54, 1.807) is 0 Å². The Kier molecular flexibility index (Phi) is 5.37. The molecule has 0 spiro atoms. The predicted molar refractivity (Wildman–Crippen MR) is 73.6 cm³/mol. The second kappa shape index (κ2) is 7.26. The number of rotatable bonds is 5. The van der Waals surface area contributed by atoms with Crippen molar-refractivity contribution in [2.75, 3.05) is 18.4 Å². The summed E-state index contributed by atoms with van der Waals surface area (Å²) < 4.78 is 39.1. The van der Waals surface area contributed by atoms with E-state index < -0.39 is 29.0 Å². The summed E-state index contributed by atoms with van der Waals surface area (Å²) >= 11 is 0. The van der Waals surface area contributed by atoms with Crippen LogP contribution in [0.2, 0.25) is 0 Å². The number of anilines is 1. The van der Waals surface area contributed by atoms with Crippen LogP contribution < -0.4 is 16.0 Å². The van der Waals surface area contributed by atoms with Crippen LogP contribution in [0.15, 0.2) is 12.1 Å². The maximum Gasteiger partial charge on any atom is 0.243 e. The van der Waals surface area contributed by atoms with Gasteiger partial charge in [-0.3, -0.25) is 9.59 Å². The Morgan fingerprint density at radius 2 is 1.95 bits per heavy atom. The maximum atomic E-state index is 13.4. The fourth-order valence-electron chi connectivity index (χ4n) is 2.22. The number of benzene rings is 1. The molecule has 0 saturated carbocycles. The molecule has 1 aromatic carbocycles. The first kappa shape index (κ1) is 16.3. The van der Waals surface area contributed by atoms with Gasteiger partial charge in [0, 0.05) is 12.5 Å². The van der Waals surface area contributed by atoms with Crippen molar-refractivity contribution in [1.29, 1.82) is 0 Å². The molecule has 1 aliphatic rings. The van der Waals surface area contributed by atoms with Crippen LogP contribution >= 0.6 is 0 Å². The molecule has 1 unspecified atom stereocenters. The van der Waals surface area contributed by atoms with Gasteiger partial charge in [-0.2, -0.15) is 0 Å². The normalized spacial score (nSPS) is 17.3. The van der Waals surface area contributed by atoms with Gasteiger partial charge in [0.25, 0.3) is 0 Å². The molecule has 1 aliphatic heterocycles. The zero-order valence-electron chi connectivity index (χ0n) is 11.7. The van der Waals surface area contributed by atoms with Gasteiger partial charge in [-0.05, 0) is 31.5 Å². The first-order chi connectivity index (χ1) is 10.5. The molecule has 0 aromatic heterocycles. The van der Waals surface area contributed by atoms with Crippen molar-refractivity contribution < 1.29 is 22.8 Å². The van der Waals surface area contributed by atoms with Crippen LogP contribution in [0, 0.1) is 17.5 Å². The van der Waals surface area contributed by atoms with Gasteiger partial charge < -0.3 is 16.0 Å². The second-order valence-corrected chi connectivity index (χ2v) is 5.05. The summed E-state index contributed by atoms with van der Waals surface area (Å²) in [7, 11) is 0. The monoisotopic (exact) mass is 315 g/mol. The predicted octanol–water partition coefficient (Wildman–Crippen LogP) is 1.30. The molecule has 8 heteroatoms. The zero-order valence-corrected chi connectivity index (χ0v) is 11.7. The third kappa shape index (κ3) is 4.20. The lowest BCUT2D eigenvalue weighted by atomic mass is 10.1. The lowest BCUT2D eigenvalue weighted by Gasteiger charge is -2.11. The maximum absolute atomic E-state index is 13.4. The summed E-state index contributed by atoms with van der Waals surface area (Å²) in [5.41, 5.74) is -0.476. The van der Waals surface area contributed by atoms with Gasteiger partial charge in [0.1, 0.15) is 0 Å². The first-order valence-electron chi connectivity index (χ1n) is 6.91. The lowest BCUT2D eigenvalue weighted by molar-refractivity contribution is -0.124. The van der Waals surface area contributed by atoms with E-state index in [9.17, 15) is 22.8 Å². The van der Waals surface area contributed by atoms with E-state index in [-0.39, 0.29) is 24.9 Å². The third-order valence-corrected chi connectivity index (χ3v) is 3.35. The van der Waals surface area contributed by atoms with Crippen LogP contribution in [0.4, 0.5) is 18.9 Å². The van der Waals surface area contributed by atoms with Gasteiger partial charge >= 0.3 is 0 Å². The Balaban J connectivity index is 1.80. The Bertz CT molecular complexity index is 575. The molecule has 1 aromatic rings. The average molecular weight is 315 g/mol. The van der Waals surface area contributed by atoms with Crippen LogP contribution in [-0.4, -0.2) is 30.9 Å². The number of amides is 2. The molecule has 0 bridgehead atoms. The van der Waals surface area contributed by atoms with Crippen molar-refractivity contribution in [3.63, 3.8) is 0 Å². The van der Waals surface area contributed by atoms with Crippen molar-refractivity contribution in [3.8, 4) is 0 Å². The Morgan fingerprint density at radius 1 is 1.18 bits per heavy atom. The minimum Gasteiger partial charge on any atom is -0.347 e. The molecule has 120 valence electrons. The molecule has 5 nitrogen and oxygen atoms in total. The summed E-state index contributed by atoms with van der Waals surface area (Å²) in [6.45, 7) is 0.498. The second-order valence-electron chi connectivity index (χ2n) is 5.05. The minimum absolute atomic E-state index is 0.103. The standard InChI is InChI=1S/C14H16F3N3O2/c15-9-3-4-10(14(17)13(9)16)20-12(22)7-19-11(21)6-8-2-1-5-18-8/h3-4,8,18H,1-2,5-7H2,(H,19,21)(H,20,22). The summed E-state index contributed by atoms with van der Waals surface area (Å²) in [5.74, 6) is -5.50. The van der Waals surface area contributed by atoms with Gasteiger partial charge in [0.15, 0.2) is 17.5 Å². The van der Waals surface area contributed by atoms with E-state index in [4.69, 9.17) is 0 Å². The topological polar surface area (TPSA) is 70.2 Å². The zero-order chi connectivity index (χ0) is 16.1. The minimum atomic E-state index is -1.66. The molecule has 0 aliphatic carbocycles. The van der Waals surface area contributed by atoms with Gasteiger partial charge in [0.2, 0.25) is 11.8 Å². The molecule has 2 amide bonds. The smallest absolute Gasteiger partial charge is 0.243 e. The summed E-state index contributed by atoms with van der Waals surface area (Å²) in [6, 6.07) is 1.72. The van der Waals surface area contributed by atoms with Crippen LogP contribution in [-0.2, 0) is 9.59 Å². The molecule has 1 atom stereocenters. The summed E-state index contributed by atoms with van der Waals surface area (Å²) in [6.07, 6.45) is 2.17. The van der Waals surface area contributed by atoms with Gasteiger partial charge in [-0.15, -0.1) is 0 Å². The largest absolute Gasteiger partial charge is 0.347 e. The van der Waals surface area contributed by atoms with E-state index >= 15 is 0 Å². The van der Waals surface area contributed by atoms with Gasteiger partial charge in [-0.25, -0.2) is 13.2 Å². The SMILES string of the molecule is O=C(CC1CCCN1)NCC(=O)Nc1ccc(F)c(F)c1F. The molecule has 3 N–H and O–H groups in total. The lowest BCUT2D eigenvalue weighted by Crippen LogP contribution is -2.36. The molecule has 22 heavy (non-hydrogen) atoms. The Morgan fingerprint density at radius 3 is 2.64 bits per heavy atom. The average Bonchev–Trinajstić information content (AvgIpc) is 2.99. The van der Waals surface area contributed by atoms with Gasteiger partial charge in [-0.1, -0.05) is 0 Å². The van der Waals surface area contributed by atoms with Crippen molar-refractivity contribution >= 4 is 17.5 Å². The Hall–Kier alpha value is -2.09. The number of hydrogen-bond donors (Lipinski definition) is 3. The van der Waals surface area contributed by atoms with Crippen LogP contribution in [0.3, 0.4) is 0 Å². The molecular formula is C14H16F3N3O2. The highest BCUT2D eigenvalue weighted by Crippen LogP contribution is 2.19. The number of halogens is 3. The molecular weight excluding hydrogens is 299 g/mol. The molecule has 2 rings (SSSR count). The number of hydrogen-bond acceptors (Lipinski definition) is 3. The summed E-state index contributed by atoms with van der Waals surface area (Å²) in [5, 5.41) is 7.62. The van der Waals surface area contributed by atoms with E-state index in [0.29, 0.717) is 6.07 Å². The number of carbonyl (C=O) groups is 2. The van der Waals surface area contributed by atoms with E-state index in [1.807, 2.05) is 0 Å². The number of carbonyl (C=O) groups excluding carboxylic acids is 2. The quantitative estimate of drug-likeness (QED) is 0.717. The first-order valence-corrected chi connectivity index (χ1v) is 6.91. The van der Waals surface area contributed by atoms with Crippen LogP contribution in [0.5, 0.6) is 0 Å². The number of nitrogens with one attached hydrogen (secondary N) is 3. The third-order valence-electron chi connectivity index (χ3n) is 3.35. The van der Waals surface area contributed by atoms with Crippen molar-refractivity contribution in [2.24, 2.45) is 0 Å². The molecule has 1 saturated heterocycles. The molecule has 0 radical (unpaired) electrons. The van der Waals surface area contributed by atoms with Crippen molar-refractivity contribution in [3.05, 3.63) is 29.6 Å². The molecule has 1 heterocycles. The van der Waals surface area contributed by atoms with E-state index in [1.165, 1.54) is 0 Å².